The number of aryl methyl sites for hydroxylation is 1. The first-order valence-electron chi connectivity index (χ1n) is 12.3. The lowest BCUT2D eigenvalue weighted by Crippen LogP contribution is -2.31. The van der Waals surface area contributed by atoms with Crippen LogP contribution in [0.15, 0.2) is 88.7 Å². The maximum Gasteiger partial charge on any atom is 0.501 e. The van der Waals surface area contributed by atoms with Crippen molar-refractivity contribution in [2.45, 2.75) is 40.1 Å². The number of phenols is 1. The minimum Gasteiger partial charge on any atom is -0.508 e. The highest BCUT2D eigenvalue weighted by Gasteiger charge is 2.57. The normalized spacial score (nSPS) is 13.6. The van der Waals surface area contributed by atoms with Crippen molar-refractivity contribution in [2.24, 2.45) is 0 Å². The van der Waals surface area contributed by atoms with Crippen LogP contribution < -0.4 is 0 Å². The second kappa shape index (κ2) is 10.2. The summed E-state index contributed by atoms with van der Waals surface area (Å²) in [5, 5.41) is 9.86. The number of rotatable bonds is 6. The van der Waals surface area contributed by atoms with E-state index in [-0.39, 0.29) is 34.4 Å². The zero-order valence-electron chi connectivity index (χ0n) is 21.3. The summed E-state index contributed by atoms with van der Waals surface area (Å²) in [6.45, 7) is 0. The summed E-state index contributed by atoms with van der Waals surface area (Å²) in [7, 11) is -13.3. The highest BCUT2D eigenvalue weighted by atomic mass is 32.2. The molecule has 0 amide bonds. The Balaban J connectivity index is 2.03. The number of benzene rings is 4. The average Bonchev–Trinajstić information content (AvgIpc) is 3.29. The molecule has 1 aliphatic rings. The van der Waals surface area contributed by atoms with Crippen LogP contribution in [0.25, 0.3) is 22.3 Å². The lowest BCUT2D eigenvalue weighted by molar-refractivity contribution is -0.0457. The van der Waals surface area contributed by atoms with Crippen LogP contribution in [0.2, 0.25) is 0 Å². The fourth-order valence-electron chi connectivity index (χ4n) is 5.28. The molecule has 13 heteroatoms. The third kappa shape index (κ3) is 4.83. The van der Waals surface area contributed by atoms with Gasteiger partial charge >= 0.3 is 11.0 Å². The third-order valence-electron chi connectivity index (χ3n) is 7.07. The molecule has 5 nitrogen and oxygen atoms in total. The second-order valence-corrected chi connectivity index (χ2v) is 13.4. The number of phenolic OH excluding ortho intramolecular Hbond substituents is 1. The molecule has 0 aliphatic heterocycles. The molecular formula is C29H20F6O5S2. The molecular weight excluding hydrogens is 606 g/mol. The molecule has 0 atom stereocenters. The van der Waals surface area contributed by atoms with Gasteiger partial charge in [-0.25, -0.2) is 16.8 Å². The van der Waals surface area contributed by atoms with Gasteiger partial charge in [-0.1, -0.05) is 66.7 Å². The molecule has 0 aromatic heterocycles. The Labute approximate surface area is 236 Å². The molecule has 220 valence electrons. The number of halogens is 6. The molecule has 0 spiro atoms. The maximum atomic E-state index is 14.2. The summed E-state index contributed by atoms with van der Waals surface area (Å²) < 4.78 is 138. The van der Waals surface area contributed by atoms with Gasteiger partial charge in [0.1, 0.15) is 5.75 Å². The topological polar surface area (TPSA) is 88.5 Å². The van der Waals surface area contributed by atoms with Crippen molar-refractivity contribution in [1.29, 1.82) is 0 Å². The molecule has 4 aromatic rings. The predicted molar refractivity (Wildman–Crippen MR) is 142 cm³/mol. The summed E-state index contributed by atoms with van der Waals surface area (Å²) in [6, 6.07) is 19.0. The minimum absolute atomic E-state index is 0.0818. The van der Waals surface area contributed by atoms with Crippen molar-refractivity contribution in [3.8, 4) is 28.0 Å². The number of aromatic hydroxyl groups is 1. The molecule has 0 saturated carbocycles. The molecule has 0 bridgehead atoms. The fourth-order valence-corrected chi connectivity index (χ4v) is 8.16. The van der Waals surface area contributed by atoms with Crippen molar-refractivity contribution in [2.75, 3.05) is 0 Å². The first kappa shape index (κ1) is 29.6. The van der Waals surface area contributed by atoms with Gasteiger partial charge in [-0.15, -0.1) is 0 Å². The summed E-state index contributed by atoms with van der Waals surface area (Å²) in [5.41, 5.74) is -12.8. The lowest BCUT2D eigenvalue weighted by atomic mass is 9.87. The highest BCUT2D eigenvalue weighted by molar-refractivity contribution is 7.95. The van der Waals surface area contributed by atoms with Crippen LogP contribution in [0.5, 0.6) is 5.75 Å². The Kier molecular flexibility index (Phi) is 7.17. The zero-order valence-corrected chi connectivity index (χ0v) is 22.9. The van der Waals surface area contributed by atoms with Crippen LogP contribution >= 0.6 is 0 Å². The predicted octanol–water partition coefficient (Wildman–Crippen LogP) is 7.00. The molecule has 0 fully saturated rings. The third-order valence-corrected chi connectivity index (χ3v) is 10.4. The Hall–Kier alpha value is -3.84. The SMILES string of the molecule is O=S(=O)(c1c(CCc2ccccc2)c(-c2ccc(O)cc2)c2c(c1S(=O)(=O)C(F)(F)F)Cc1ccccc1-2)C(F)(F)F. The summed E-state index contributed by atoms with van der Waals surface area (Å²) >= 11 is 0. The van der Waals surface area contributed by atoms with E-state index in [9.17, 15) is 48.3 Å². The van der Waals surface area contributed by atoms with E-state index in [1.54, 1.807) is 30.3 Å². The first-order valence-corrected chi connectivity index (χ1v) is 15.3. The minimum atomic E-state index is -6.66. The number of fused-ring (bicyclic) bond motifs is 3. The van der Waals surface area contributed by atoms with Gasteiger partial charge in [0.25, 0.3) is 19.7 Å². The van der Waals surface area contributed by atoms with E-state index in [4.69, 9.17) is 0 Å². The highest BCUT2D eigenvalue weighted by Crippen LogP contribution is 2.53. The summed E-state index contributed by atoms with van der Waals surface area (Å²) in [5.74, 6) is -0.235. The van der Waals surface area contributed by atoms with E-state index in [1.807, 2.05) is 0 Å². The monoisotopic (exact) mass is 626 g/mol. The summed E-state index contributed by atoms with van der Waals surface area (Å²) in [6.07, 6.45) is -1.24. The van der Waals surface area contributed by atoms with Gasteiger partial charge in [-0.05, 0) is 69.5 Å². The van der Waals surface area contributed by atoms with Crippen molar-refractivity contribution in [3.05, 3.63) is 101 Å². The smallest absolute Gasteiger partial charge is 0.501 e. The first-order chi connectivity index (χ1) is 19.6. The molecule has 0 saturated heterocycles. The van der Waals surface area contributed by atoms with Crippen LogP contribution in [0.3, 0.4) is 0 Å². The number of hydrogen-bond acceptors (Lipinski definition) is 5. The molecule has 1 aliphatic carbocycles. The zero-order chi connectivity index (χ0) is 30.7. The summed E-state index contributed by atoms with van der Waals surface area (Å²) in [4.78, 5) is -3.85. The van der Waals surface area contributed by atoms with Gasteiger partial charge < -0.3 is 5.11 Å². The number of alkyl halides is 6. The van der Waals surface area contributed by atoms with Crippen LogP contribution in [-0.4, -0.2) is 33.0 Å². The van der Waals surface area contributed by atoms with Gasteiger partial charge in [0.2, 0.25) is 0 Å². The Morgan fingerprint density at radius 3 is 1.79 bits per heavy atom. The molecule has 0 radical (unpaired) electrons. The molecule has 1 N–H and O–H groups in total. The average molecular weight is 627 g/mol. The van der Waals surface area contributed by atoms with Gasteiger partial charge in [0, 0.05) is 6.42 Å². The molecule has 5 rings (SSSR count). The molecule has 0 heterocycles. The van der Waals surface area contributed by atoms with Crippen LogP contribution in [0.4, 0.5) is 26.3 Å². The molecule has 42 heavy (non-hydrogen) atoms. The van der Waals surface area contributed by atoms with Gasteiger partial charge in [-0.3, -0.25) is 0 Å². The molecule has 0 unspecified atom stereocenters. The Morgan fingerprint density at radius 2 is 1.19 bits per heavy atom. The van der Waals surface area contributed by atoms with Crippen molar-refractivity contribution in [3.63, 3.8) is 0 Å². The maximum absolute atomic E-state index is 14.2. The standard InChI is InChI=1S/C29H20F6O5S2/c30-28(31,32)41(37,38)26-22(15-10-17-6-2-1-3-7-17)24(18-11-13-20(36)14-12-18)25-21-9-5-4-8-19(21)16-23(25)27(26)42(39,40)29(33,34)35/h1-9,11-14,36H,10,15-16H2. The van der Waals surface area contributed by atoms with E-state index >= 15 is 0 Å². The van der Waals surface area contributed by atoms with E-state index in [0.29, 0.717) is 11.1 Å². The van der Waals surface area contributed by atoms with Crippen molar-refractivity contribution >= 4 is 19.7 Å². The van der Waals surface area contributed by atoms with Crippen LogP contribution in [-0.2, 0) is 38.9 Å². The largest absolute Gasteiger partial charge is 0.508 e. The lowest BCUT2D eigenvalue weighted by Gasteiger charge is -2.25. The van der Waals surface area contributed by atoms with Crippen LogP contribution in [0, 0.1) is 0 Å². The van der Waals surface area contributed by atoms with E-state index < -0.39 is 64.5 Å². The molecule has 4 aromatic carbocycles. The van der Waals surface area contributed by atoms with E-state index in [0.717, 1.165) is 0 Å². The second-order valence-electron chi connectivity index (χ2n) is 9.63. The quantitative estimate of drug-likeness (QED) is 0.205. The van der Waals surface area contributed by atoms with Gasteiger partial charge in [0.15, 0.2) is 0 Å². The Bertz CT molecular complexity index is 1900. The van der Waals surface area contributed by atoms with E-state index in [1.165, 1.54) is 48.5 Å². The number of sulfone groups is 2. The van der Waals surface area contributed by atoms with Gasteiger partial charge in [-0.2, -0.15) is 26.3 Å². The van der Waals surface area contributed by atoms with Gasteiger partial charge in [0.05, 0.1) is 9.79 Å². The van der Waals surface area contributed by atoms with Crippen LogP contribution in [0.1, 0.15) is 22.3 Å². The van der Waals surface area contributed by atoms with E-state index in [2.05, 4.69) is 0 Å². The van der Waals surface area contributed by atoms with Crippen molar-refractivity contribution in [1.82, 2.24) is 0 Å². The fraction of sp³-hybridized carbons (Fsp3) is 0.172. The van der Waals surface area contributed by atoms with Crippen molar-refractivity contribution < 1.29 is 48.3 Å². The number of hydrogen-bond donors (Lipinski definition) is 1. The Morgan fingerprint density at radius 1 is 0.643 bits per heavy atom.